The van der Waals surface area contributed by atoms with Crippen molar-refractivity contribution < 1.29 is 8.42 Å². The Morgan fingerprint density at radius 3 is 2.65 bits per heavy atom. The van der Waals surface area contributed by atoms with Crippen molar-refractivity contribution in [3.63, 3.8) is 0 Å². The number of sulfone groups is 1. The molecular weight excluding hydrogens is 294 g/mol. The molecule has 5 heteroatoms. The molecule has 20 heavy (non-hydrogen) atoms. The van der Waals surface area contributed by atoms with Crippen molar-refractivity contribution in [2.24, 2.45) is 0 Å². The van der Waals surface area contributed by atoms with Gasteiger partial charge in [-0.15, -0.1) is 0 Å². The lowest BCUT2D eigenvalue weighted by molar-refractivity contribution is 0.538. The maximum absolute atomic E-state index is 11.3. The third-order valence-electron chi connectivity index (χ3n) is 3.64. The Morgan fingerprint density at radius 2 is 2.05 bits per heavy atom. The fourth-order valence-corrected chi connectivity index (χ4v) is 3.34. The van der Waals surface area contributed by atoms with Gasteiger partial charge in [-0.1, -0.05) is 29.8 Å². The van der Waals surface area contributed by atoms with Crippen molar-refractivity contribution in [1.29, 1.82) is 0 Å². The number of benzene rings is 1. The fourth-order valence-electron chi connectivity index (χ4n) is 2.36. The molecule has 0 spiro atoms. The Hall–Kier alpha value is -0.580. The first-order chi connectivity index (χ1) is 9.46. The van der Waals surface area contributed by atoms with Crippen molar-refractivity contribution in [3.05, 3.63) is 34.9 Å². The van der Waals surface area contributed by atoms with Crippen LogP contribution in [0.2, 0.25) is 5.02 Å². The van der Waals surface area contributed by atoms with Gasteiger partial charge in [0.1, 0.15) is 9.84 Å². The molecule has 1 unspecified atom stereocenters. The molecule has 1 N–H and O–H groups in total. The summed E-state index contributed by atoms with van der Waals surface area (Å²) in [5, 5.41) is 4.29. The summed E-state index contributed by atoms with van der Waals surface area (Å²) < 4.78 is 22.5. The van der Waals surface area contributed by atoms with E-state index in [2.05, 4.69) is 5.32 Å². The number of rotatable bonds is 8. The van der Waals surface area contributed by atoms with Gasteiger partial charge in [0.25, 0.3) is 0 Å². The van der Waals surface area contributed by atoms with E-state index in [-0.39, 0.29) is 11.7 Å². The van der Waals surface area contributed by atoms with E-state index in [0.29, 0.717) is 12.5 Å². The number of hydrogen-bond donors (Lipinski definition) is 1. The predicted molar refractivity (Wildman–Crippen MR) is 84.2 cm³/mol. The van der Waals surface area contributed by atoms with Crippen LogP contribution in [0.5, 0.6) is 0 Å². The van der Waals surface area contributed by atoms with Crippen molar-refractivity contribution >= 4 is 21.4 Å². The number of hydrogen-bond acceptors (Lipinski definition) is 3. The molecule has 0 aromatic heterocycles. The van der Waals surface area contributed by atoms with Crippen LogP contribution in [0.4, 0.5) is 0 Å². The van der Waals surface area contributed by atoms with Crippen LogP contribution >= 0.6 is 11.6 Å². The maximum Gasteiger partial charge on any atom is 0.147 e. The fraction of sp³-hybridized carbons (Fsp3) is 0.600. The second-order valence-corrected chi connectivity index (χ2v) is 8.34. The van der Waals surface area contributed by atoms with Gasteiger partial charge >= 0.3 is 0 Å². The summed E-state index contributed by atoms with van der Waals surface area (Å²) in [5.41, 5.74) is 1.12. The van der Waals surface area contributed by atoms with Crippen molar-refractivity contribution in [2.75, 3.05) is 18.6 Å². The summed E-state index contributed by atoms with van der Waals surface area (Å²) in [6.45, 7) is 0.873. The molecule has 0 heterocycles. The smallest absolute Gasteiger partial charge is 0.147 e. The van der Waals surface area contributed by atoms with Crippen LogP contribution in [0.3, 0.4) is 0 Å². The summed E-state index contributed by atoms with van der Waals surface area (Å²) in [5.74, 6) is 0.531. The largest absolute Gasteiger partial charge is 0.313 e. The third-order valence-corrected chi connectivity index (χ3v) is 5.02. The lowest BCUT2D eigenvalue weighted by Gasteiger charge is -2.19. The zero-order valence-electron chi connectivity index (χ0n) is 11.8. The SMILES string of the molecule is CS(=O)(=O)CCCC(CNC1CC1)c1ccccc1Cl. The van der Waals surface area contributed by atoms with Gasteiger partial charge in [0.2, 0.25) is 0 Å². The van der Waals surface area contributed by atoms with E-state index in [1.165, 1.54) is 19.1 Å². The molecule has 0 bridgehead atoms. The van der Waals surface area contributed by atoms with Gasteiger partial charge in [0.15, 0.2) is 0 Å². The zero-order valence-corrected chi connectivity index (χ0v) is 13.4. The quantitative estimate of drug-likeness (QED) is 0.802. The minimum Gasteiger partial charge on any atom is -0.313 e. The van der Waals surface area contributed by atoms with E-state index in [1.54, 1.807) is 0 Å². The molecule has 2 rings (SSSR count). The highest BCUT2D eigenvalue weighted by Gasteiger charge is 2.23. The summed E-state index contributed by atoms with van der Waals surface area (Å²) in [7, 11) is -2.88. The van der Waals surface area contributed by atoms with Crippen molar-refractivity contribution in [1.82, 2.24) is 5.32 Å². The summed E-state index contributed by atoms with van der Waals surface area (Å²) in [4.78, 5) is 0. The highest BCUT2D eigenvalue weighted by molar-refractivity contribution is 7.90. The van der Waals surface area contributed by atoms with Gasteiger partial charge in [-0.05, 0) is 43.2 Å². The van der Waals surface area contributed by atoms with Gasteiger partial charge in [-0.25, -0.2) is 8.42 Å². The van der Waals surface area contributed by atoms with Crippen LogP contribution in [0.1, 0.15) is 37.2 Å². The van der Waals surface area contributed by atoms with Gasteiger partial charge in [0.05, 0.1) is 0 Å². The molecule has 0 amide bonds. The third kappa shape index (κ3) is 5.43. The van der Waals surface area contributed by atoms with Gasteiger partial charge in [0, 0.05) is 29.6 Å². The van der Waals surface area contributed by atoms with Crippen LogP contribution < -0.4 is 5.32 Å². The van der Waals surface area contributed by atoms with E-state index in [4.69, 9.17) is 11.6 Å². The van der Waals surface area contributed by atoms with E-state index < -0.39 is 9.84 Å². The van der Waals surface area contributed by atoms with E-state index in [1.807, 2.05) is 24.3 Å². The Bertz CT molecular complexity index is 541. The first-order valence-electron chi connectivity index (χ1n) is 7.11. The zero-order chi connectivity index (χ0) is 14.6. The molecule has 1 aliphatic carbocycles. The van der Waals surface area contributed by atoms with E-state index in [0.717, 1.165) is 23.6 Å². The van der Waals surface area contributed by atoms with Crippen molar-refractivity contribution in [2.45, 2.75) is 37.6 Å². The molecule has 3 nitrogen and oxygen atoms in total. The minimum absolute atomic E-state index is 0.247. The lowest BCUT2D eigenvalue weighted by atomic mass is 9.94. The molecule has 1 aliphatic rings. The Balaban J connectivity index is 1.97. The topological polar surface area (TPSA) is 46.2 Å². The molecule has 1 aromatic carbocycles. The summed E-state index contributed by atoms with van der Waals surface area (Å²) in [6.07, 6.45) is 5.31. The molecule has 112 valence electrons. The Labute approximate surface area is 126 Å². The lowest BCUT2D eigenvalue weighted by Crippen LogP contribution is -2.24. The molecule has 0 aliphatic heterocycles. The van der Waals surface area contributed by atoms with Gasteiger partial charge in [-0.3, -0.25) is 0 Å². The minimum atomic E-state index is -2.88. The standard InChI is InChI=1S/C15H22ClNO2S/c1-20(18,19)10-4-5-12(11-17-13-8-9-13)14-6-2-3-7-15(14)16/h2-3,6-7,12-13,17H,4-5,8-11H2,1H3. The first-order valence-corrected chi connectivity index (χ1v) is 9.55. The van der Waals surface area contributed by atoms with E-state index >= 15 is 0 Å². The first kappa shape index (κ1) is 15.8. The second-order valence-electron chi connectivity index (χ2n) is 5.67. The summed E-state index contributed by atoms with van der Waals surface area (Å²) >= 11 is 6.27. The highest BCUT2D eigenvalue weighted by atomic mass is 35.5. The average Bonchev–Trinajstić information content (AvgIpc) is 3.17. The normalized spacial score (nSPS) is 17.1. The molecule has 0 radical (unpaired) electrons. The Kier molecular flexibility index (Phi) is 5.47. The van der Waals surface area contributed by atoms with Gasteiger partial charge < -0.3 is 5.32 Å². The van der Waals surface area contributed by atoms with Crippen LogP contribution in [0.15, 0.2) is 24.3 Å². The molecule has 1 saturated carbocycles. The molecule has 0 saturated heterocycles. The van der Waals surface area contributed by atoms with Gasteiger partial charge in [-0.2, -0.15) is 0 Å². The maximum atomic E-state index is 11.3. The molecular formula is C15H22ClNO2S. The summed E-state index contributed by atoms with van der Waals surface area (Å²) in [6, 6.07) is 8.50. The van der Waals surface area contributed by atoms with Crippen molar-refractivity contribution in [3.8, 4) is 0 Å². The number of nitrogens with one attached hydrogen (secondary N) is 1. The van der Waals surface area contributed by atoms with Crippen LogP contribution in [0.25, 0.3) is 0 Å². The average molecular weight is 316 g/mol. The Morgan fingerprint density at radius 1 is 1.35 bits per heavy atom. The van der Waals surface area contributed by atoms with Crippen LogP contribution in [-0.2, 0) is 9.84 Å². The molecule has 1 aromatic rings. The highest BCUT2D eigenvalue weighted by Crippen LogP contribution is 2.29. The monoisotopic (exact) mass is 315 g/mol. The van der Waals surface area contributed by atoms with E-state index in [9.17, 15) is 8.42 Å². The second kappa shape index (κ2) is 6.92. The van der Waals surface area contributed by atoms with Crippen LogP contribution in [-0.4, -0.2) is 33.0 Å². The molecule has 1 atom stereocenters. The predicted octanol–water partition coefficient (Wildman–Crippen LogP) is 3.00. The molecule has 1 fully saturated rings. The number of halogens is 1. The van der Waals surface area contributed by atoms with Crippen LogP contribution in [0, 0.1) is 0 Å².